The number of sulfone groups is 1. The van der Waals surface area contributed by atoms with Gasteiger partial charge in [0, 0.05) is 24.5 Å². The summed E-state index contributed by atoms with van der Waals surface area (Å²) in [6.45, 7) is 0.486. The zero-order chi connectivity index (χ0) is 17.0. The lowest BCUT2D eigenvalue weighted by Gasteiger charge is -2.30. The molecule has 10 heteroatoms. The molecule has 1 heterocycles. The number of hydrogen-bond donors (Lipinski definition) is 2. The number of alkyl halides is 4. The van der Waals surface area contributed by atoms with E-state index in [1.54, 1.807) is 0 Å². The van der Waals surface area contributed by atoms with Crippen molar-refractivity contribution >= 4 is 15.7 Å². The number of nitrogens with one attached hydrogen (secondary N) is 2. The van der Waals surface area contributed by atoms with Gasteiger partial charge in [0.1, 0.15) is 0 Å². The number of amides is 1. The molecule has 1 fully saturated rings. The van der Waals surface area contributed by atoms with E-state index in [0.29, 0.717) is 11.5 Å². The number of hydrogen-bond acceptors (Lipinski definition) is 4. The molecule has 1 aliphatic heterocycles. The minimum absolute atomic E-state index is 0.145. The summed E-state index contributed by atoms with van der Waals surface area (Å²) in [6.07, 6.45) is -4.87. The van der Waals surface area contributed by atoms with Crippen molar-refractivity contribution in [3.05, 3.63) is 11.5 Å². The highest BCUT2D eigenvalue weighted by molar-refractivity contribution is 7.93. The highest BCUT2D eigenvalue weighted by atomic mass is 32.2. The van der Waals surface area contributed by atoms with Gasteiger partial charge < -0.3 is 10.6 Å². The third-order valence-corrected chi connectivity index (χ3v) is 3.78. The van der Waals surface area contributed by atoms with Gasteiger partial charge in [-0.05, 0) is 13.1 Å². The lowest BCUT2D eigenvalue weighted by molar-refractivity contribution is -0.144. The molecule has 0 aromatic heterocycles. The van der Waals surface area contributed by atoms with Gasteiger partial charge >= 0.3 is 6.18 Å². The fourth-order valence-corrected chi connectivity index (χ4v) is 2.48. The Bertz CT molecular complexity index is 525. The van der Waals surface area contributed by atoms with Crippen molar-refractivity contribution in [1.29, 1.82) is 0 Å². The second kappa shape index (κ2) is 6.95. The summed E-state index contributed by atoms with van der Waals surface area (Å²) in [5.74, 6) is -1.15. The molecule has 1 saturated heterocycles. The van der Waals surface area contributed by atoms with Crippen molar-refractivity contribution < 1.29 is 30.8 Å². The number of carbonyl (C=O) groups excluding carboxylic acids is 1. The second-order valence-electron chi connectivity index (χ2n) is 5.27. The van der Waals surface area contributed by atoms with Crippen LogP contribution in [-0.2, 0) is 14.6 Å². The Balaban J connectivity index is 2.83. The number of rotatable bonds is 5. The molecule has 2 N–H and O–H groups in total. The topological polar surface area (TPSA) is 75.3 Å². The van der Waals surface area contributed by atoms with Gasteiger partial charge in [0.15, 0.2) is 15.5 Å². The van der Waals surface area contributed by atoms with Crippen molar-refractivity contribution in [2.45, 2.75) is 37.1 Å². The highest BCUT2D eigenvalue weighted by Crippen LogP contribution is 2.26. The van der Waals surface area contributed by atoms with Crippen LogP contribution in [0.5, 0.6) is 0 Å². The van der Waals surface area contributed by atoms with Crippen LogP contribution in [0.1, 0.15) is 19.3 Å². The van der Waals surface area contributed by atoms with Crippen LogP contribution in [0.2, 0.25) is 0 Å². The summed E-state index contributed by atoms with van der Waals surface area (Å²) >= 11 is 0. The van der Waals surface area contributed by atoms with Crippen molar-refractivity contribution in [3.63, 3.8) is 0 Å². The van der Waals surface area contributed by atoms with E-state index >= 15 is 0 Å². The Morgan fingerprint density at radius 3 is 2.36 bits per heavy atom. The van der Waals surface area contributed by atoms with Crippen LogP contribution in [-0.4, -0.2) is 51.6 Å². The molecule has 1 rings (SSSR count). The standard InChI is InChI=1S/C12H18F4N2O3S/c1-22(20,21)7-2-9(8-12(14,15)16)18-10(19)11(13)3-5-17-6-4-11/h2,7,9,17H,3-6,8H2,1H3,(H,18,19). The largest absolute Gasteiger partial charge is 0.391 e. The average Bonchev–Trinajstić information content (AvgIpc) is 2.34. The molecule has 0 spiro atoms. The van der Waals surface area contributed by atoms with E-state index < -0.39 is 40.1 Å². The van der Waals surface area contributed by atoms with E-state index in [2.05, 4.69) is 5.32 Å². The molecule has 1 unspecified atom stereocenters. The van der Waals surface area contributed by atoms with Gasteiger partial charge in [-0.15, -0.1) is 0 Å². The summed E-state index contributed by atoms with van der Waals surface area (Å²) in [4.78, 5) is 11.9. The third kappa shape index (κ3) is 6.73. The zero-order valence-electron chi connectivity index (χ0n) is 11.9. The maximum atomic E-state index is 14.4. The Kier molecular flexibility index (Phi) is 5.96. The summed E-state index contributed by atoms with van der Waals surface area (Å²) < 4.78 is 73.8. The summed E-state index contributed by atoms with van der Waals surface area (Å²) in [7, 11) is -3.65. The van der Waals surface area contributed by atoms with E-state index in [-0.39, 0.29) is 25.9 Å². The Morgan fingerprint density at radius 2 is 1.91 bits per heavy atom. The molecular weight excluding hydrogens is 328 g/mol. The Labute approximate surface area is 126 Å². The Morgan fingerprint density at radius 1 is 1.36 bits per heavy atom. The van der Waals surface area contributed by atoms with E-state index in [9.17, 15) is 30.8 Å². The van der Waals surface area contributed by atoms with Gasteiger partial charge in [-0.25, -0.2) is 12.8 Å². The highest BCUT2D eigenvalue weighted by Gasteiger charge is 2.41. The molecule has 1 aliphatic rings. The van der Waals surface area contributed by atoms with Gasteiger partial charge in [0.05, 0.1) is 12.5 Å². The molecule has 0 aliphatic carbocycles. The molecule has 1 amide bonds. The normalized spacial score (nSPS) is 20.8. The molecule has 5 nitrogen and oxygen atoms in total. The lowest BCUT2D eigenvalue weighted by Crippen LogP contribution is -2.52. The van der Waals surface area contributed by atoms with E-state index in [1.807, 2.05) is 5.32 Å². The van der Waals surface area contributed by atoms with Gasteiger partial charge in [0.2, 0.25) is 0 Å². The summed E-state index contributed by atoms with van der Waals surface area (Å²) in [6, 6.07) is -1.63. The second-order valence-corrected chi connectivity index (χ2v) is 7.20. The molecule has 0 aromatic carbocycles. The first-order valence-electron chi connectivity index (χ1n) is 6.57. The molecule has 128 valence electrons. The van der Waals surface area contributed by atoms with E-state index in [0.717, 1.165) is 6.26 Å². The average molecular weight is 346 g/mol. The van der Waals surface area contributed by atoms with Crippen LogP contribution >= 0.6 is 0 Å². The smallest absolute Gasteiger partial charge is 0.347 e. The predicted octanol–water partition coefficient (Wildman–Crippen LogP) is 1.07. The number of piperidine rings is 1. The van der Waals surface area contributed by atoms with E-state index in [4.69, 9.17) is 0 Å². The van der Waals surface area contributed by atoms with Crippen molar-refractivity contribution in [1.82, 2.24) is 10.6 Å². The monoisotopic (exact) mass is 346 g/mol. The van der Waals surface area contributed by atoms with Crippen LogP contribution < -0.4 is 10.6 Å². The molecule has 0 radical (unpaired) electrons. The maximum Gasteiger partial charge on any atom is 0.391 e. The molecule has 0 bridgehead atoms. The van der Waals surface area contributed by atoms with Crippen molar-refractivity contribution in [3.8, 4) is 0 Å². The fourth-order valence-electron chi connectivity index (χ4n) is 2.00. The van der Waals surface area contributed by atoms with Crippen LogP contribution in [0.3, 0.4) is 0 Å². The third-order valence-electron chi connectivity index (χ3n) is 3.13. The van der Waals surface area contributed by atoms with Crippen LogP contribution in [0, 0.1) is 0 Å². The van der Waals surface area contributed by atoms with Crippen LogP contribution in [0.25, 0.3) is 0 Å². The Hall–Kier alpha value is -1.16. The minimum Gasteiger partial charge on any atom is -0.347 e. The molecule has 1 atom stereocenters. The number of halogens is 4. The summed E-state index contributed by atoms with van der Waals surface area (Å²) in [5.41, 5.74) is -2.24. The first-order valence-corrected chi connectivity index (χ1v) is 8.52. The molecule has 22 heavy (non-hydrogen) atoms. The fraction of sp³-hybridized carbons (Fsp3) is 0.750. The van der Waals surface area contributed by atoms with Gasteiger partial charge in [-0.3, -0.25) is 4.79 Å². The zero-order valence-corrected chi connectivity index (χ0v) is 12.7. The molecular formula is C12H18F4N2O3S. The van der Waals surface area contributed by atoms with Crippen LogP contribution in [0.4, 0.5) is 17.6 Å². The molecule has 0 saturated carbocycles. The SMILES string of the molecule is CS(=O)(=O)C=CC(CC(F)(F)F)NC(=O)C1(F)CCNCC1. The quantitative estimate of drug-likeness (QED) is 0.731. The van der Waals surface area contributed by atoms with Crippen LogP contribution in [0.15, 0.2) is 11.5 Å². The first-order chi connectivity index (χ1) is 9.91. The van der Waals surface area contributed by atoms with Gasteiger partial charge in [0.25, 0.3) is 5.91 Å². The predicted molar refractivity (Wildman–Crippen MR) is 72.5 cm³/mol. The van der Waals surface area contributed by atoms with E-state index in [1.165, 1.54) is 0 Å². The van der Waals surface area contributed by atoms with Crippen molar-refractivity contribution in [2.75, 3.05) is 19.3 Å². The maximum absolute atomic E-state index is 14.4. The van der Waals surface area contributed by atoms with Crippen molar-refractivity contribution in [2.24, 2.45) is 0 Å². The first kappa shape index (κ1) is 18.9. The van der Waals surface area contributed by atoms with Gasteiger partial charge in [-0.2, -0.15) is 13.2 Å². The minimum atomic E-state index is -4.63. The number of carbonyl (C=O) groups is 1. The summed E-state index contributed by atoms with van der Waals surface area (Å²) in [5, 5.41) is 5.35. The lowest BCUT2D eigenvalue weighted by atomic mass is 9.93. The molecule has 0 aromatic rings. The van der Waals surface area contributed by atoms with Gasteiger partial charge in [-0.1, -0.05) is 6.08 Å².